The molecule has 0 bridgehead atoms. The largest absolute Gasteiger partial charge is 0.507 e. The number of hydrogen-bond donors (Lipinski definition) is 5. The van der Waals surface area contributed by atoms with Crippen LogP contribution in [0.25, 0.3) is 0 Å². The number of carbonyl (C=O) groups excluding carboxylic acids is 2. The summed E-state index contributed by atoms with van der Waals surface area (Å²) in [7, 11) is 1.38. The molecule has 0 radical (unpaired) electrons. The van der Waals surface area contributed by atoms with Crippen LogP contribution in [0.5, 0.6) is 17.2 Å². The van der Waals surface area contributed by atoms with E-state index in [-0.39, 0.29) is 64.7 Å². The van der Waals surface area contributed by atoms with Gasteiger partial charge < -0.3 is 40.4 Å². The zero-order valence-corrected chi connectivity index (χ0v) is 20.6. The van der Waals surface area contributed by atoms with Crippen molar-refractivity contribution in [3.63, 3.8) is 0 Å². The second-order valence-electron chi connectivity index (χ2n) is 9.98. The number of methoxy groups -OCH3 is 1. The van der Waals surface area contributed by atoms with E-state index in [4.69, 9.17) is 19.9 Å². The predicted octanol–water partition coefficient (Wildman–Crippen LogP) is 1.71. The van der Waals surface area contributed by atoms with Crippen molar-refractivity contribution in [2.45, 2.75) is 63.3 Å². The van der Waals surface area contributed by atoms with Gasteiger partial charge in [0.05, 0.1) is 42.1 Å². The molecule has 2 aromatic carbocycles. The van der Waals surface area contributed by atoms with Crippen LogP contribution >= 0.6 is 0 Å². The van der Waals surface area contributed by atoms with Gasteiger partial charge in [0.2, 0.25) is 5.78 Å². The maximum Gasteiger partial charge on any atom is 0.202 e. The molecule has 10 heteroatoms. The standard InChI is InChI=1S/C27H31NO9/c1-11-23(30)15(28)10-18(36-11)37-17-9-12(6-7-29)8-14-20(17)27(34)22-21(25(14)32)24(31)13-4-3-5-16(35-2)19(13)26(22)33/h3-5,11-12,15,17-18,23,29-30,32,34H,6-10,28H2,1-2H3/t11?,12?,15?,17-,18?,23?/m0/s1. The summed E-state index contributed by atoms with van der Waals surface area (Å²) in [4.78, 5) is 27.1. The number of aliphatic hydroxyl groups excluding tert-OH is 2. The smallest absolute Gasteiger partial charge is 0.202 e. The Morgan fingerprint density at radius 3 is 2.49 bits per heavy atom. The normalized spacial score (nSPS) is 28.9. The Hall–Kier alpha value is -3.02. The second-order valence-corrected chi connectivity index (χ2v) is 9.98. The summed E-state index contributed by atoms with van der Waals surface area (Å²) in [6, 6.07) is 4.03. The van der Waals surface area contributed by atoms with E-state index in [1.54, 1.807) is 19.1 Å². The van der Waals surface area contributed by atoms with Gasteiger partial charge in [-0.2, -0.15) is 0 Å². The molecule has 2 aromatic rings. The predicted molar refractivity (Wildman–Crippen MR) is 130 cm³/mol. The molecule has 0 amide bonds. The van der Waals surface area contributed by atoms with Crippen LogP contribution in [0.1, 0.15) is 75.3 Å². The van der Waals surface area contributed by atoms with Gasteiger partial charge in [-0.3, -0.25) is 9.59 Å². The summed E-state index contributed by atoms with van der Waals surface area (Å²) < 4.78 is 17.3. The number of hydrogen-bond acceptors (Lipinski definition) is 10. The van der Waals surface area contributed by atoms with Gasteiger partial charge in [0, 0.05) is 35.8 Å². The van der Waals surface area contributed by atoms with Crippen molar-refractivity contribution in [3.05, 3.63) is 51.6 Å². The first-order chi connectivity index (χ1) is 17.7. The van der Waals surface area contributed by atoms with Crippen molar-refractivity contribution in [3.8, 4) is 17.2 Å². The SMILES string of the molecule is COc1cccc2c1C(=O)c1c(O)c3c(c(O)c1C2=O)CC(CCO)C[C@@H]3OC1CC(N)C(O)C(C)O1. The summed E-state index contributed by atoms with van der Waals surface area (Å²) in [6.07, 6.45) is -1.83. The number of fused-ring (bicyclic) bond motifs is 3. The van der Waals surface area contributed by atoms with E-state index >= 15 is 0 Å². The quantitative estimate of drug-likeness (QED) is 0.317. The minimum atomic E-state index is -0.858. The van der Waals surface area contributed by atoms with Gasteiger partial charge in [-0.1, -0.05) is 12.1 Å². The molecular formula is C27H31NO9. The molecule has 0 aromatic heterocycles. The Bertz CT molecular complexity index is 1250. The zero-order chi connectivity index (χ0) is 26.6. The molecule has 5 rings (SSSR count). The Morgan fingerprint density at radius 2 is 1.81 bits per heavy atom. The fourth-order valence-corrected chi connectivity index (χ4v) is 5.85. The number of phenolic OH excluding ortho intramolecular Hbond substituents is 2. The Labute approximate surface area is 213 Å². The lowest BCUT2D eigenvalue weighted by atomic mass is 9.74. The van der Waals surface area contributed by atoms with Crippen LogP contribution in [0.15, 0.2) is 18.2 Å². The van der Waals surface area contributed by atoms with Crippen LogP contribution in [0.3, 0.4) is 0 Å². The number of aromatic hydroxyl groups is 2. The fraction of sp³-hybridized carbons (Fsp3) is 0.481. The minimum absolute atomic E-state index is 0.0213. The summed E-state index contributed by atoms with van der Waals surface area (Å²) in [6.45, 7) is 1.58. The lowest BCUT2D eigenvalue weighted by Gasteiger charge is -2.40. The highest BCUT2D eigenvalue weighted by Gasteiger charge is 2.44. The molecule has 6 atom stereocenters. The summed E-state index contributed by atoms with van der Waals surface area (Å²) >= 11 is 0. The van der Waals surface area contributed by atoms with Crippen LogP contribution in [0, 0.1) is 5.92 Å². The first-order valence-electron chi connectivity index (χ1n) is 12.4. The third-order valence-corrected chi connectivity index (χ3v) is 7.73. The number of rotatable bonds is 5. The third-order valence-electron chi connectivity index (χ3n) is 7.73. The van der Waals surface area contributed by atoms with Crippen molar-refractivity contribution in [1.29, 1.82) is 0 Å². The molecule has 5 unspecified atom stereocenters. The van der Waals surface area contributed by atoms with E-state index in [0.717, 1.165) is 0 Å². The van der Waals surface area contributed by atoms with Gasteiger partial charge in [-0.05, 0) is 38.2 Å². The number of benzene rings is 2. The highest BCUT2D eigenvalue weighted by atomic mass is 16.7. The Kier molecular flexibility index (Phi) is 6.71. The molecule has 1 aliphatic heterocycles. The van der Waals surface area contributed by atoms with Crippen LogP contribution < -0.4 is 10.5 Å². The van der Waals surface area contributed by atoms with Crippen LogP contribution in [0.2, 0.25) is 0 Å². The van der Waals surface area contributed by atoms with Gasteiger partial charge in [-0.15, -0.1) is 0 Å². The van der Waals surface area contributed by atoms with E-state index in [1.165, 1.54) is 13.2 Å². The van der Waals surface area contributed by atoms with Crippen molar-refractivity contribution >= 4 is 11.6 Å². The Balaban J connectivity index is 1.63. The average molecular weight is 514 g/mol. The number of phenols is 2. The molecule has 1 heterocycles. The van der Waals surface area contributed by atoms with Gasteiger partial charge >= 0.3 is 0 Å². The molecule has 0 spiro atoms. The number of aliphatic hydroxyl groups is 2. The van der Waals surface area contributed by atoms with Gasteiger partial charge in [-0.25, -0.2) is 0 Å². The number of nitrogens with two attached hydrogens (primary N) is 1. The number of carbonyl (C=O) groups is 2. The highest BCUT2D eigenvalue weighted by Crippen LogP contribution is 2.52. The molecule has 0 saturated carbocycles. The zero-order valence-electron chi connectivity index (χ0n) is 20.6. The lowest BCUT2D eigenvalue weighted by molar-refractivity contribution is -0.243. The van der Waals surface area contributed by atoms with Crippen LogP contribution in [0.4, 0.5) is 0 Å². The maximum absolute atomic E-state index is 13.6. The average Bonchev–Trinajstić information content (AvgIpc) is 2.87. The minimum Gasteiger partial charge on any atom is -0.507 e. The molecule has 3 aliphatic rings. The molecular weight excluding hydrogens is 482 g/mol. The van der Waals surface area contributed by atoms with E-state index in [2.05, 4.69) is 0 Å². The molecule has 1 saturated heterocycles. The number of ketones is 2. The van der Waals surface area contributed by atoms with E-state index in [9.17, 15) is 30.0 Å². The highest BCUT2D eigenvalue weighted by molar-refractivity contribution is 6.31. The molecule has 10 nitrogen and oxygen atoms in total. The number of ether oxygens (including phenoxy) is 3. The van der Waals surface area contributed by atoms with Gasteiger partial charge in [0.15, 0.2) is 12.1 Å². The first kappa shape index (κ1) is 25.6. The maximum atomic E-state index is 13.6. The molecule has 198 valence electrons. The van der Waals surface area contributed by atoms with Crippen molar-refractivity contribution in [1.82, 2.24) is 0 Å². The topological polar surface area (TPSA) is 169 Å². The Morgan fingerprint density at radius 1 is 1.08 bits per heavy atom. The fourth-order valence-electron chi connectivity index (χ4n) is 5.85. The summed E-state index contributed by atoms with van der Waals surface area (Å²) in [5.74, 6) is -1.99. The summed E-state index contributed by atoms with van der Waals surface area (Å²) in [5, 5.41) is 42.6. The van der Waals surface area contributed by atoms with Crippen molar-refractivity contribution in [2.24, 2.45) is 11.7 Å². The van der Waals surface area contributed by atoms with Gasteiger partial charge in [0.1, 0.15) is 17.2 Å². The third kappa shape index (κ3) is 4.09. The van der Waals surface area contributed by atoms with E-state index < -0.39 is 48.0 Å². The second kappa shape index (κ2) is 9.70. The lowest BCUT2D eigenvalue weighted by Crippen LogP contribution is -2.52. The van der Waals surface area contributed by atoms with E-state index in [0.29, 0.717) is 18.4 Å². The van der Waals surface area contributed by atoms with Crippen molar-refractivity contribution in [2.75, 3.05) is 13.7 Å². The molecule has 2 aliphatic carbocycles. The molecule has 1 fully saturated rings. The molecule has 37 heavy (non-hydrogen) atoms. The van der Waals surface area contributed by atoms with Crippen LogP contribution in [-0.2, 0) is 15.9 Å². The summed E-state index contributed by atoms with van der Waals surface area (Å²) in [5.41, 5.74) is 6.12. The molecule has 6 N–H and O–H groups in total. The first-order valence-corrected chi connectivity index (χ1v) is 12.4. The monoisotopic (exact) mass is 513 g/mol. The van der Waals surface area contributed by atoms with Gasteiger partial charge in [0.25, 0.3) is 0 Å². The van der Waals surface area contributed by atoms with E-state index in [1.807, 2.05) is 0 Å². The van der Waals surface area contributed by atoms with Crippen LogP contribution in [-0.4, -0.2) is 70.2 Å². The van der Waals surface area contributed by atoms with Crippen molar-refractivity contribution < 1.29 is 44.2 Å².